The highest BCUT2D eigenvalue weighted by Crippen LogP contribution is 2.26. The first-order valence-corrected chi connectivity index (χ1v) is 29.6. The molecule has 0 aromatic carbocycles. The van der Waals surface area contributed by atoms with E-state index in [4.69, 9.17) is 14.2 Å². The number of carbonyl (C=O) groups excluding carboxylic acids is 2. The molecule has 1 aliphatic heterocycles. The van der Waals surface area contributed by atoms with Crippen molar-refractivity contribution >= 4 is 11.9 Å². The lowest BCUT2D eigenvalue weighted by Crippen LogP contribution is -2.61. The topological polar surface area (TPSA) is 175 Å². The van der Waals surface area contributed by atoms with Crippen LogP contribution in [0, 0.1) is 0 Å². The Balaban J connectivity index is 2.72. The molecule has 0 radical (unpaired) electrons. The number of hydrogen-bond acceptors (Lipinski definition) is 10. The minimum Gasteiger partial charge on any atom is -0.454 e. The molecule has 70 heavy (non-hydrogen) atoms. The van der Waals surface area contributed by atoms with E-state index in [1.165, 1.54) is 167 Å². The van der Waals surface area contributed by atoms with Crippen molar-refractivity contribution in [1.29, 1.82) is 0 Å². The Kier molecular flexibility index (Phi) is 45.5. The number of aliphatic hydroxyl groups excluding tert-OH is 5. The van der Waals surface area contributed by atoms with Crippen LogP contribution in [0.3, 0.4) is 0 Å². The quantitative estimate of drug-likeness (QED) is 0.0195. The van der Waals surface area contributed by atoms with Gasteiger partial charge in [-0.2, -0.15) is 0 Å². The number of ether oxygens (including phenoxy) is 3. The summed E-state index contributed by atoms with van der Waals surface area (Å²) in [5.41, 5.74) is 0. The van der Waals surface area contributed by atoms with Gasteiger partial charge in [-0.05, 0) is 51.4 Å². The molecule has 1 saturated heterocycles. The first-order chi connectivity index (χ1) is 34.2. The molecule has 6 N–H and O–H groups in total. The van der Waals surface area contributed by atoms with E-state index < -0.39 is 67.4 Å². The number of hydrogen-bond donors (Lipinski definition) is 6. The number of amides is 1. The van der Waals surface area contributed by atoms with Crippen molar-refractivity contribution in [3.63, 3.8) is 0 Å². The Bertz CT molecular complexity index is 1230. The number of carbonyl (C=O) groups is 2. The van der Waals surface area contributed by atoms with Gasteiger partial charge in [0.25, 0.3) is 0 Å². The van der Waals surface area contributed by atoms with Crippen LogP contribution in [0.25, 0.3) is 0 Å². The van der Waals surface area contributed by atoms with Gasteiger partial charge >= 0.3 is 5.97 Å². The predicted octanol–water partition coefficient (Wildman–Crippen LogP) is 13.3. The normalized spacial score (nSPS) is 19.8. The van der Waals surface area contributed by atoms with Gasteiger partial charge in [0.1, 0.15) is 24.4 Å². The third-order valence-electron chi connectivity index (χ3n) is 14.1. The average Bonchev–Trinajstić information content (AvgIpc) is 3.36. The third-order valence-corrected chi connectivity index (χ3v) is 14.1. The first kappa shape index (κ1) is 66.2. The van der Waals surface area contributed by atoms with E-state index in [2.05, 4.69) is 38.2 Å². The molecule has 1 fully saturated rings. The van der Waals surface area contributed by atoms with Crippen molar-refractivity contribution in [1.82, 2.24) is 5.32 Å². The molecule has 1 heterocycles. The summed E-state index contributed by atoms with van der Waals surface area (Å²) in [4.78, 5) is 26.4. The molecule has 412 valence electrons. The molecule has 8 unspecified atom stereocenters. The van der Waals surface area contributed by atoms with Crippen LogP contribution < -0.4 is 5.32 Å². The van der Waals surface area contributed by atoms with Crippen LogP contribution in [0.4, 0.5) is 0 Å². The molecule has 0 spiro atoms. The second-order valence-electron chi connectivity index (χ2n) is 20.7. The lowest BCUT2D eigenvalue weighted by Gasteiger charge is -2.41. The van der Waals surface area contributed by atoms with Gasteiger partial charge in [-0.15, -0.1) is 0 Å². The maximum atomic E-state index is 13.4. The van der Waals surface area contributed by atoms with Gasteiger partial charge in [-0.25, -0.2) is 0 Å². The molecular formula is C59H111NO10. The van der Waals surface area contributed by atoms with Crippen molar-refractivity contribution in [3.8, 4) is 0 Å². The minimum absolute atomic E-state index is 0.107. The van der Waals surface area contributed by atoms with Crippen LogP contribution in [0.5, 0.6) is 0 Å². The summed E-state index contributed by atoms with van der Waals surface area (Å²) in [6, 6.07) is -1.02. The molecule has 11 heteroatoms. The van der Waals surface area contributed by atoms with Gasteiger partial charge in [-0.3, -0.25) is 9.59 Å². The highest BCUT2D eigenvalue weighted by Gasteiger charge is 2.47. The molecule has 1 rings (SSSR count). The monoisotopic (exact) mass is 994 g/mol. The SMILES string of the molecule is CCCCCCCC/C=C\CCCCCC(=O)OC1C(OCC(NC(=O)C(O)CCCCCCCCCCCCCCCCCC)C(O)/C=C/CCCCCCCCCCCC)OC(CO)C(O)C1O. The number of nitrogens with one attached hydrogen (secondary N) is 1. The zero-order valence-electron chi connectivity index (χ0n) is 45.4. The minimum atomic E-state index is -1.61. The van der Waals surface area contributed by atoms with Crippen LogP contribution in [-0.2, 0) is 23.8 Å². The lowest BCUT2D eigenvalue weighted by molar-refractivity contribution is -0.305. The van der Waals surface area contributed by atoms with Crippen LogP contribution in [0.1, 0.15) is 278 Å². The van der Waals surface area contributed by atoms with E-state index in [0.29, 0.717) is 19.3 Å². The maximum Gasteiger partial charge on any atom is 0.306 e. The van der Waals surface area contributed by atoms with Gasteiger partial charge in [0.2, 0.25) is 5.91 Å². The van der Waals surface area contributed by atoms with Gasteiger partial charge in [-0.1, -0.05) is 244 Å². The smallest absolute Gasteiger partial charge is 0.306 e. The number of allylic oxidation sites excluding steroid dienone is 3. The van der Waals surface area contributed by atoms with E-state index in [-0.39, 0.29) is 13.0 Å². The predicted molar refractivity (Wildman–Crippen MR) is 288 cm³/mol. The van der Waals surface area contributed by atoms with Gasteiger partial charge < -0.3 is 45.1 Å². The second kappa shape index (κ2) is 48.1. The molecule has 8 atom stereocenters. The van der Waals surface area contributed by atoms with Gasteiger partial charge in [0, 0.05) is 6.42 Å². The number of aliphatic hydroxyl groups is 5. The van der Waals surface area contributed by atoms with Crippen LogP contribution >= 0.6 is 0 Å². The molecule has 0 aromatic rings. The van der Waals surface area contributed by atoms with Crippen LogP contribution in [0.2, 0.25) is 0 Å². The van der Waals surface area contributed by atoms with Gasteiger partial charge in [0.15, 0.2) is 12.4 Å². The van der Waals surface area contributed by atoms with Crippen molar-refractivity contribution < 1.29 is 49.3 Å². The van der Waals surface area contributed by atoms with E-state index in [1.54, 1.807) is 6.08 Å². The van der Waals surface area contributed by atoms with Crippen molar-refractivity contribution in [3.05, 3.63) is 24.3 Å². The number of esters is 1. The zero-order chi connectivity index (χ0) is 51.1. The summed E-state index contributed by atoms with van der Waals surface area (Å²) in [6.07, 6.45) is 43.6. The Morgan fingerprint density at radius 1 is 0.543 bits per heavy atom. The van der Waals surface area contributed by atoms with Crippen molar-refractivity contribution in [2.45, 2.75) is 327 Å². The summed E-state index contributed by atoms with van der Waals surface area (Å²) >= 11 is 0. The summed E-state index contributed by atoms with van der Waals surface area (Å²) in [5, 5.41) is 56.8. The van der Waals surface area contributed by atoms with Gasteiger partial charge in [0.05, 0.1) is 25.4 Å². The third kappa shape index (κ3) is 36.1. The Labute approximate surface area is 429 Å². The molecular weight excluding hydrogens is 883 g/mol. The van der Waals surface area contributed by atoms with Crippen LogP contribution in [0.15, 0.2) is 24.3 Å². The van der Waals surface area contributed by atoms with Crippen molar-refractivity contribution in [2.75, 3.05) is 13.2 Å². The van der Waals surface area contributed by atoms with E-state index in [1.807, 2.05) is 6.08 Å². The summed E-state index contributed by atoms with van der Waals surface area (Å²) < 4.78 is 17.6. The Morgan fingerprint density at radius 3 is 1.39 bits per heavy atom. The number of rotatable bonds is 50. The average molecular weight is 995 g/mol. The second-order valence-corrected chi connectivity index (χ2v) is 20.7. The molecule has 0 aromatic heterocycles. The molecule has 0 bridgehead atoms. The standard InChI is InChI=1S/C59H111NO10/c1-4-7-10-13-16-19-22-25-26-27-29-31-34-37-40-43-46-52(63)58(67)60-50(51(62)45-42-39-36-33-30-24-21-18-15-12-9-6-3)49-68-59-57(56(66)55(65)53(48-61)69-59)70-54(64)47-44-41-38-35-32-28-23-20-17-14-11-8-5-2/h28,32,42,45,50-53,55-57,59,61-63,65-66H,4-27,29-31,33-41,43-44,46-49H2,1-3H3,(H,60,67)/b32-28-,45-42+. The molecule has 1 amide bonds. The zero-order valence-corrected chi connectivity index (χ0v) is 45.4. The Hall–Kier alpha value is -1.86. The largest absolute Gasteiger partial charge is 0.454 e. The molecule has 1 aliphatic rings. The van der Waals surface area contributed by atoms with Crippen molar-refractivity contribution in [2.24, 2.45) is 0 Å². The fraction of sp³-hybridized carbons (Fsp3) is 0.898. The fourth-order valence-electron chi connectivity index (χ4n) is 9.35. The summed E-state index contributed by atoms with van der Waals surface area (Å²) in [5.74, 6) is -1.20. The highest BCUT2D eigenvalue weighted by atomic mass is 16.7. The Morgan fingerprint density at radius 2 is 0.943 bits per heavy atom. The first-order valence-electron chi connectivity index (χ1n) is 29.6. The molecule has 0 saturated carbocycles. The van der Waals surface area contributed by atoms with E-state index in [0.717, 1.165) is 64.2 Å². The molecule has 0 aliphatic carbocycles. The fourth-order valence-corrected chi connectivity index (χ4v) is 9.35. The summed E-state index contributed by atoms with van der Waals surface area (Å²) in [6.45, 7) is 5.78. The van der Waals surface area contributed by atoms with E-state index >= 15 is 0 Å². The highest BCUT2D eigenvalue weighted by molar-refractivity contribution is 5.80. The van der Waals surface area contributed by atoms with Crippen LogP contribution in [-0.4, -0.2) is 99.6 Å². The maximum absolute atomic E-state index is 13.4. The number of unbranched alkanes of at least 4 members (excludes halogenated alkanes) is 34. The lowest BCUT2D eigenvalue weighted by atomic mass is 9.99. The molecule has 11 nitrogen and oxygen atoms in total. The van der Waals surface area contributed by atoms with E-state index in [9.17, 15) is 35.1 Å². The summed E-state index contributed by atoms with van der Waals surface area (Å²) in [7, 11) is 0.